The van der Waals surface area contributed by atoms with Crippen molar-refractivity contribution in [2.75, 3.05) is 0 Å². The van der Waals surface area contributed by atoms with Crippen LogP contribution >= 0.6 is 11.6 Å². The minimum Gasteiger partial charge on any atom is -0.316 e. The van der Waals surface area contributed by atoms with Crippen LogP contribution in [0.4, 0.5) is 22.0 Å². The maximum atomic E-state index is 13.0. The predicted molar refractivity (Wildman–Crippen MR) is 49.7 cm³/mol. The summed E-state index contributed by atoms with van der Waals surface area (Å²) in [4.78, 5) is 3.25. The first-order chi connectivity index (χ1) is 7.58. The summed E-state index contributed by atoms with van der Waals surface area (Å²) in [5, 5.41) is -0.433. The summed E-state index contributed by atoms with van der Waals surface area (Å²) in [5.74, 6) is -3.25. The van der Waals surface area contributed by atoms with E-state index >= 15 is 0 Å². The molecule has 17 heavy (non-hydrogen) atoms. The van der Waals surface area contributed by atoms with Crippen molar-refractivity contribution in [3.8, 4) is 0 Å². The highest BCUT2D eigenvalue weighted by atomic mass is 35.5. The molecule has 0 amide bonds. The molecule has 0 aliphatic heterocycles. The summed E-state index contributed by atoms with van der Waals surface area (Å²) >= 11 is 5.51. The summed E-state index contributed by atoms with van der Waals surface area (Å²) in [6, 6.07) is 0.524. The molecule has 2 nitrogen and oxygen atoms in total. The van der Waals surface area contributed by atoms with Gasteiger partial charge in [-0.15, -0.1) is 0 Å². The first-order valence-corrected chi connectivity index (χ1v) is 4.86. The van der Waals surface area contributed by atoms with E-state index in [9.17, 15) is 22.0 Å². The smallest absolute Gasteiger partial charge is 0.316 e. The molecule has 1 atom stereocenters. The van der Waals surface area contributed by atoms with Crippen LogP contribution in [0.15, 0.2) is 12.3 Å². The van der Waals surface area contributed by atoms with Gasteiger partial charge >= 0.3 is 6.18 Å². The Bertz CT molecular complexity index is 473. The second-order valence-corrected chi connectivity index (χ2v) is 4.27. The molecule has 2 rings (SSSR count). The minimum atomic E-state index is -4.67. The van der Waals surface area contributed by atoms with Gasteiger partial charge in [0.15, 0.2) is 0 Å². The first-order valence-electron chi connectivity index (χ1n) is 4.48. The lowest BCUT2D eigenvalue weighted by Gasteiger charge is -2.14. The number of hydrogen-bond acceptors (Lipinski definition) is 2. The second-order valence-electron chi connectivity index (χ2n) is 3.91. The number of alkyl halides is 5. The van der Waals surface area contributed by atoms with Crippen molar-refractivity contribution in [1.82, 2.24) is 4.98 Å². The van der Waals surface area contributed by atoms with E-state index in [1.54, 1.807) is 0 Å². The molecule has 1 aliphatic rings. The van der Waals surface area contributed by atoms with Crippen LogP contribution in [0.2, 0.25) is 5.15 Å². The molecule has 1 unspecified atom stereocenters. The van der Waals surface area contributed by atoms with Gasteiger partial charge in [-0.05, 0) is 6.07 Å². The van der Waals surface area contributed by atoms with Crippen molar-refractivity contribution in [3.63, 3.8) is 0 Å². The Labute approximate surface area is 97.6 Å². The summed E-state index contributed by atoms with van der Waals surface area (Å²) in [6.45, 7) is 0. The Hall–Kier alpha value is -0.950. The number of nitrogens with zero attached hydrogens (tertiary/aromatic N) is 1. The fraction of sp³-hybridized carbons (Fsp3) is 0.444. The van der Waals surface area contributed by atoms with E-state index in [-0.39, 0.29) is 0 Å². The number of nitrogens with two attached hydrogens (primary N) is 1. The van der Waals surface area contributed by atoms with Gasteiger partial charge in [0, 0.05) is 18.2 Å². The van der Waals surface area contributed by atoms with Crippen LogP contribution in [0.1, 0.15) is 17.5 Å². The average molecular weight is 273 g/mol. The van der Waals surface area contributed by atoms with E-state index in [1.807, 2.05) is 0 Å². The Morgan fingerprint density at radius 3 is 2.29 bits per heavy atom. The molecule has 0 spiro atoms. The second kappa shape index (κ2) is 3.29. The summed E-state index contributed by atoms with van der Waals surface area (Å²) < 4.78 is 63.1. The van der Waals surface area contributed by atoms with Crippen LogP contribution in [-0.4, -0.2) is 10.9 Å². The van der Waals surface area contributed by atoms with Crippen LogP contribution in [-0.2, 0) is 11.7 Å². The summed E-state index contributed by atoms with van der Waals surface area (Å²) in [5.41, 5.74) is 1.55. The fourth-order valence-electron chi connectivity index (χ4n) is 1.51. The average Bonchev–Trinajstić information content (AvgIpc) is 2.65. The normalized spacial score (nSPS) is 27.0. The van der Waals surface area contributed by atoms with Crippen LogP contribution in [0.3, 0.4) is 0 Å². The summed E-state index contributed by atoms with van der Waals surface area (Å²) in [6.07, 6.45) is -4.93. The Morgan fingerprint density at radius 2 is 1.88 bits per heavy atom. The molecule has 1 heterocycles. The summed E-state index contributed by atoms with van der Waals surface area (Å²) in [7, 11) is 0. The van der Waals surface area contributed by atoms with Gasteiger partial charge in [-0.1, -0.05) is 11.6 Å². The molecular weight excluding hydrogens is 267 g/mol. The van der Waals surface area contributed by atoms with Gasteiger partial charge < -0.3 is 5.73 Å². The van der Waals surface area contributed by atoms with Gasteiger partial charge in [-0.25, -0.2) is 13.8 Å². The zero-order chi connectivity index (χ0) is 13.1. The zero-order valence-electron chi connectivity index (χ0n) is 8.15. The lowest BCUT2D eigenvalue weighted by Crippen LogP contribution is -2.28. The van der Waals surface area contributed by atoms with Gasteiger partial charge in [-0.2, -0.15) is 13.2 Å². The molecule has 0 bridgehead atoms. The third-order valence-corrected chi connectivity index (χ3v) is 2.98. The monoisotopic (exact) mass is 272 g/mol. The number of halogens is 6. The molecule has 0 saturated heterocycles. The number of hydrogen-bond donors (Lipinski definition) is 1. The molecule has 2 N–H and O–H groups in total. The zero-order valence-corrected chi connectivity index (χ0v) is 8.91. The van der Waals surface area contributed by atoms with E-state index in [1.165, 1.54) is 0 Å². The highest BCUT2D eigenvalue weighted by molar-refractivity contribution is 6.30. The SMILES string of the molecule is NC1(c2cc(C(F)(F)F)cnc2Cl)CC1(F)F. The lowest BCUT2D eigenvalue weighted by atomic mass is 10.1. The Balaban J connectivity index is 2.49. The quantitative estimate of drug-likeness (QED) is 0.630. The highest BCUT2D eigenvalue weighted by Crippen LogP contribution is 2.58. The number of pyridine rings is 1. The highest BCUT2D eigenvalue weighted by Gasteiger charge is 2.70. The van der Waals surface area contributed by atoms with Crippen LogP contribution in [0, 0.1) is 0 Å². The fourth-order valence-corrected chi connectivity index (χ4v) is 1.79. The van der Waals surface area contributed by atoms with E-state index in [2.05, 4.69) is 4.98 Å². The molecule has 1 fully saturated rings. The van der Waals surface area contributed by atoms with Crippen molar-refractivity contribution in [2.45, 2.75) is 24.1 Å². The minimum absolute atomic E-state index is 0.433. The van der Waals surface area contributed by atoms with Crippen molar-refractivity contribution in [1.29, 1.82) is 0 Å². The lowest BCUT2D eigenvalue weighted by molar-refractivity contribution is -0.137. The predicted octanol–water partition coefficient (Wildman–Crippen LogP) is 2.95. The molecule has 1 aliphatic carbocycles. The molecule has 94 valence electrons. The first kappa shape index (κ1) is 12.5. The molecule has 1 aromatic heterocycles. The third-order valence-electron chi connectivity index (χ3n) is 2.68. The maximum absolute atomic E-state index is 13.0. The van der Waals surface area contributed by atoms with E-state index in [4.69, 9.17) is 17.3 Å². The van der Waals surface area contributed by atoms with E-state index < -0.39 is 40.3 Å². The van der Waals surface area contributed by atoms with Crippen molar-refractivity contribution in [2.24, 2.45) is 5.73 Å². The van der Waals surface area contributed by atoms with E-state index in [0.717, 1.165) is 0 Å². The van der Waals surface area contributed by atoms with E-state index in [0.29, 0.717) is 12.3 Å². The molecular formula is C9H6ClF5N2. The van der Waals surface area contributed by atoms with Crippen molar-refractivity contribution >= 4 is 11.6 Å². The van der Waals surface area contributed by atoms with Gasteiger partial charge in [-0.3, -0.25) is 0 Å². The van der Waals surface area contributed by atoms with Gasteiger partial charge in [0.2, 0.25) is 0 Å². The molecule has 8 heteroatoms. The molecule has 0 aromatic carbocycles. The number of aromatic nitrogens is 1. The Morgan fingerprint density at radius 1 is 1.35 bits per heavy atom. The van der Waals surface area contributed by atoms with Crippen molar-refractivity contribution in [3.05, 3.63) is 28.5 Å². The van der Waals surface area contributed by atoms with Crippen LogP contribution < -0.4 is 5.73 Å². The van der Waals surface area contributed by atoms with Gasteiger partial charge in [0.25, 0.3) is 5.92 Å². The molecule has 1 aromatic rings. The van der Waals surface area contributed by atoms with Crippen LogP contribution in [0.25, 0.3) is 0 Å². The standard InChI is InChI=1S/C9H6ClF5N2/c10-6-5(7(16)3-8(7,11)12)1-4(2-17-6)9(13,14)15/h1-2H,3,16H2. The van der Waals surface area contributed by atoms with Crippen LogP contribution in [0.5, 0.6) is 0 Å². The maximum Gasteiger partial charge on any atom is 0.417 e. The number of rotatable bonds is 1. The van der Waals surface area contributed by atoms with Gasteiger partial charge in [0.1, 0.15) is 10.7 Å². The third kappa shape index (κ3) is 1.87. The van der Waals surface area contributed by atoms with Crippen molar-refractivity contribution < 1.29 is 22.0 Å². The van der Waals surface area contributed by atoms with Gasteiger partial charge in [0.05, 0.1) is 5.56 Å². The largest absolute Gasteiger partial charge is 0.417 e. The topological polar surface area (TPSA) is 38.9 Å². The Kier molecular flexibility index (Phi) is 2.42. The molecule has 1 saturated carbocycles. The molecule has 0 radical (unpaired) electrons.